The van der Waals surface area contributed by atoms with Crippen LogP contribution in [0.2, 0.25) is 0 Å². The van der Waals surface area contributed by atoms with Crippen LogP contribution in [-0.4, -0.2) is 36.6 Å². The van der Waals surface area contributed by atoms with Gasteiger partial charge in [-0.25, -0.2) is 0 Å². The van der Waals surface area contributed by atoms with Crippen LogP contribution in [0.1, 0.15) is 42.1 Å². The van der Waals surface area contributed by atoms with Gasteiger partial charge in [0, 0.05) is 11.1 Å². The Balaban J connectivity index is 1.60. The fourth-order valence-corrected chi connectivity index (χ4v) is 4.34. The number of para-hydroxylation sites is 1. The first kappa shape index (κ1) is 18.8. The van der Waals surface area contributed by atoms with Crippen molar-refractivity contribution in [3.8, 4) is 0 Å². The Kier molecular flexibility index (Phi) is 5.04. The van der Waals surface area contributed by atoms with E-state index in [2.05, 4.69) is 6.92 Å². The van der Waals surface area contributed by atoms with Crippen molar-refractivity contribution in [1.29, 1.82) is 0 Å². The van der Waals surface area contributed by atoms with Crippen molar-refractivity contribution in [3.63, 3.8) is 0 Å². The van der Waals surface area contributed by atoms with Gasteiger partial charge in [-0.3, -0.25) is 14.5 Å². The average molecular weight is 379 g/mol. The molecule has 2 aromatic carbocycles. The lowest BCUT2D eigenvalue weighted by molar-refractivity contribution is -0.904. The second-order valence-electron chi connectivity index (χ2n) is 8.17. The van der Waals surface area contributed by atoms with Crippen LogP contribution in [0.25, 0.3) is 0 Å². The van der Waals surface area contributed by atoms with E-state index in [9.17, 15) is 14.7 Å². The van der Waals surface area contributed by atoms with Crippen molar-refractivity contribution in [2.24, 2.45) is 5.92 Å². The van der Waals surface area contributed by atoms with E-state index < -0.39 is 5.60 Å². The van der Waals surface area contributed by atoms with E-state index in [0.29, 0.717) is 17.8 Å². The molecule has 28 heavy (non-hydrogen) atoms. The zero-order valence-corrected chi connectivity index (χ0v) is 16.2. The van der Waals surface area contributed by atoms with Gasteiger partial charge in [0.15, 0.2) is 18.1 Å². The summed E-state index contributed by atoms with van der Waals surface area (Å²) in [6.45, 7) is 4.84. The lowest BCUT2D eigenvalue weighted by Crippen LogP contribution is -3.14. The monoisotopic (exact) mass is 379 g/mol. The minimum absolute atomic E-state index is 0.229. The lowest BCUT2D eigenvalue weighted by Gasteiger charge is -2.31. The van der Waals surface area contributed by atoms with Crippen LogP contribution in [0.4, 0.5) is 5.69 Å². The topological polar surface area (TPSA) is 62.1 Å². The standard InChI is InChI=1S/C23H26N2O3/c1-17-11-13-24(14-12-17)16-25-20-10-6-5-9-19(20)23(28,22(25)27)15-21(26)18-7-3-2-4-8-18/h2-10,17,28H,11-16H2,1H3/p+1/t23-/m0/s1. The summed E-state index contributed by atoms with van der Waals surface area (Å²) >= 11 is 0. The van der Waals surface area contributed by atoms with Gasteiger partial charge >= 0.3 is 0 Å². The second kappa shape index (κ2) is 7.49. The van der Waals surface area contributed by atoms with Gasteiger partial charge in [-0.2, -0.15) is 0 Å². The highest BCUT2D eigenvalue weighted by Crippen LogP contribution is 2.42. The van der Waals surface area contributed by atoms with Crippen LogP contribution in [0.5, 0.6) is 0 Å². The number of hydrogen-bond donors (Lipinski definition) is 2. The number of anilines is 1. The molecule has 0 aromatic heterocycles. The zero-order chi connectivity index (χ0) is 19.7. The third-order valence-corrected chi connectivity index (χ3v) is 6.11. The van der Waals surface area contributed by atoms with Crippen molar-refractivity contribution >= 4 is 17.4 Å². The Labute approximate surface area is 165 Å². The molecule has 0 spiro atoms. The molecule has 1 amide bonds. The third kappa shape index (κ3) is 3.36. The fraction of sp³-hybridized carbons (Fsp3) is 0.391. The number of likely N-dealkylation sites (tertiary alicyclic amines) is 1. The molecule has 1 atom stereocenters. The molecule has 0 radical (unpaired) electrons. The number of fused-ring (bicyclic) bond motifs is 1. The Morgan fingerprint density at radius 1 is 1.11 bits per heavy atom. The largest absolute Gasteiger partial charge is 0.375 e. The quantitative estimate of drug-likeness (QED) is 0.779. The van der Waals surface area contributed by atoms with E-state index in [1.807, 2.05) is 24.3 Å². The van der Waals surface area contributed by atoms with Gasteiger partial charge in [0.05, 0.1) is 25.2 Å². The van der Waals surface area contributed by atoms with Crippen molar-refractivity contribution in [2.75, 3.05) is 24.7 Å². The first-order valence-electron chi connectivity index (χ1n) is 10.0. The molecule has 146 valence electrons. The number of quaternary nitrogens is 1. The van der Waals surface area contributed by atoms with E-state index in [-0.39, 0.29) is 18.1 Å². The van der Waals surface area contributed by atoms with E-state index in [1.165, 1.54) is 4.90 Å². The smallest absolute Gasteiger partial charge is 0.268 e. The summed E-state index contributed by atoms with van der Waals surface area (Å²) in [7, 11) is 0. The summed E-state index contributed by atoms with van der Waals surface area (Å²) in [5.74, 6) is 0.113. The minimum atomic E-state index is -1.80. The molecule has 0 unspecified atom stereocenters. The van der Waals surface area contributed by atoms with Gasteiger partial charge in [-0.05, 0) is 24.8 Å². The molecular formula is C23H27N2O3+. The van der Waals surface area contributed by atoms with Crippen molar-refractivity contribution in [1.82, 2.24) is 0 Å². The van der Waals surface area contributed by atoms with Crippen molar-refractivity contribution in [2.45, 2.75) is 31.8 Å². The fourth-order valence-electron chi connectivity index (χ4n) is 4.34. The summed E-state index contributed by atoms with van der Waals surface area (Å²) in [4.78, 5) is 29.1. The van der Waals surface area contributed by atoms with E-state index >= 15 is 0 Å². The summed E-state index contributed by atoms with van der Waals surface area (Å²) in [5, 5.41) is 11.4. The average Bonchev–Trinajstić information content (AvgIpc) is 2.92. The molecule has 5 heteroatoms. The Hall–Kier alpha value is -2.50. The lowest BCUT2D eigenvalue weighted by atomic mass is 9.88. The molecule has 4 rings (SSSR count). The van der Waals surface area contributed by atoms with Crippen LogP contribution in [-0.2, 0) is 10.4 Å². The number of ketones is 1. The summed E-state index contributed by atoms with van der Waals surface area (Å²) in [6.07, 6.45) is 2.06. The number of nitrogens with zero attached hydrogens (tertiary/aromatic N) is 1. The number of aliphatic hydroxyl groups is 1. The normalized spacial score (nSPS) is 26.9. The molecule has 0 aliphatic carbocycles. The second-order valence-corrected chi connectivity index (χ2v) is 8.17. The molecule has 2 aliphatic heterocycles. The SMILES string of the molecule is CC1CC[NH+](CN2C(=O)[C@](O)(CC(=O)c3ccccc3)c3ccccc32)CC1. The van der Waals surface area contributed by atoms with Crippen LogP contribution in [0.15, 0.2) is 54.6 Å². The molecule has 5 nitrogen and oxygen atoms in total. The Morgan fingerprint density at radius 3 is 2.46 bits per heavy atom. The highest BCUT2D eigenvalue weighted by molar-refractivity contribution is 6.10. The predicted octanol–water partition coefficient (Wildman–Crippen LogP) is 1.77. The zero-order valence-electron chi connectivity index (χ0n) is 16.2. The van der Waals surface area contributed by atoms with E-state index in [4.69, 9.17) is 0 Å². The Bertz CT molecular complexity index is 874. The third-order valence-electron chi connectivity index (χ3n) is 6.11. The first-order valence-corrected chi connectivity index (χ1v) is 10.0. The van der Waals surface area contributed by atoms with Crippen LogP contribution >= 0.6 is 0 Å². The Morgan fingerprint density at radius 2 is 1.75 bits per heavy atom. The molecule has 0 saturated carbocycles. The van der Waals surface area contributed by atoms with Crippen molar-refractivity contribution < 1.29 is 19.6 Å². The van der Waals surface area contributed by atoms with E-state index in [0.717, 1.165) is 37.5 Å². The predicted molar refractivity (Wildman–Crippen MR) is 107 cm³/mol. The maximum atomic E-state index is 13.3. The number of amides is 1. The summed E-state index contributed by atoms with van der Waals surface area (Å²) in [5.41, 5.74) is -0.0298. The minimum Gasteiger partial charge on any atom is -0.375 e. The van der Waals surface area contributed by atoms with E-state index in [1.54, 1.807) is 35.2 Å². The van der Waals surface area contributed by atoms with Gasteiger partial charge in [-0.15, -0.1) is 0 Å². The number of nitrogens with one attached hydrogen (secondary N) is 1. The number of benzene rings is 2. The highest BCUT2D eigenvalue weighted by Gasteiger charge is 2.51. The molecule has 2 aromatic rings. The van der Waals surface area contributed by atoms with Gasteiger partial charge in [-0.1, -0.05) is 55.5 Å². The number of rotatable bonds is 5. The summed E-state index contributed by atoms with van der Waals surface area (Å²) in [6, 6.07) is 16.2. The van der Waals surface area contributed by atoms with Crippen molar-refractivity contribution in [3.05, 3.63) is 65.7 Å². The van der Waals surface area contributed by atoms with Gasteiger partial charge in [0.2, 0.25) is 0 Å². The number of hydrogen-bond acceptors (Lipinski definition) is 3. The molecule has 2 N–H and O–H groups in total. The molecule has 0 bridgehead atoms. The van der Waals surface area contributed by atoms with Gasteiger partial charge < -0.3 is 10.0 Å². The maximum absolute atomic E-state index is 13.3. The number of carbonyl (C=O) groups is 2. The molecule has 1 fully saturated rings. The number of piperidine rings is 1. The van der Waals surface area contributed by atoms with Gasteiger partial charge in [0.25, 0.3) is 5.91 Å². The number of carbonyl (C=O) groups excluding carboxylic acids is 2. The summed E-state index contributed by atoms with van der Waals surface area (Å²) < 4.78 is 0. The maximum Gasteiger partial charge on any atom is 0.268 e. The van der Waals surface area contributed by atoms with Crippen LogP contribution in [0, 0.1) is 5.92 Å². The van der Waals surface area contributed by atoms with Gasteiger partial charge in [0.1, 0.15) is 0 Å². The molecule has 1 saturated heterocycles. The van der Waals surface area contributed by atoms with Crippen LogP contribution < -0.4 is 9.80 Å². The molecule has 2 aliphatic rings. The number of Topliss-reactive ketones (excluding diaryl/α,β-unsaturated/α-hetero) is 1. The van der Waals surface area contributed by atoms with Crippen LogP contribution in [0.3, 0.4) is 0 Å². The first-order chi connectivity index (χ1) is 13.5. The molecule has 2 heterocycles. The highest BCUT2D eigenvalue weighted by atomic mass is 16.3. The molecular weight excluding hydrogens is 352 g/mol.